The topological polar surface area (TPSA) is 50.2 Å². The second-order valence-electron chi connectivity index (χ2n) is 6.20. The first-order chi connectivity index (χ1) is 11.2. The number of rotatable bonds is 6. The third-order valence-electron chi connectivity index (χ3n) is 4.74. The van der Waals surface area contributed by atoms with Crippen molar-refractivity contribution < 1.29 is 4.79 Å². The molecule has 6 heteroatoms. The molecule has 0 saturated carbocycles. The first-order valence-corrected chi connectivity index (χ1v) is 9.15. The van der Waals surface area contributed by atoms with Gasteiger partial charge < -0.3 is 10.2 Å². The molecule has 0 aliphatic carbocycles. The molecule has 0 unspecified atom stereocenters. The molecule has 1 aliphatic heterocycles. The third kappa shape index (κ3) is 3.64. The van der Waals surface area contributed by atoms with Gasteiger partial charge in [-0.2, -0.15) is 16.4 Å². The van der Waals surface area contributed by atoms with Gasteiger partial charge in [-0.1, -0.05) is 0 Å². The van der Waals surface area contributed by atoms with Crippen LogP contribution in [0.4, 0.5) is 0 Å². The van der Waals surface area contributed by atoms with E-state index in [-0.39, 0.29) is 24.0 Å². The molecule has 1 saturated heterocycles. The lowest BCUT2D eigenvalue weighted by Gasteiger charge is -2.27. The Bertz CT molecular complexity index is 611. The molecule has 1 amide bonds. The Morgan fingerprint density at radius 2 is 2.39 bits per heavy atom. The van der Waals surface area contributed by atoms with Gasteiger partial charge in [0.25, 0.3) is 0 Å². The Kier molecular flexibility index (Phi) is 5.13. The molecule has 0 spiro atoms. The molecule has 1 aliphatic rings. The van der Waals surface area contributed by atoms with Crippen molar-refractivity contribution in [2.75, 3.05) is 13.1 Å². The quantitative estimate of drug-likeness (QED) is 0.885. The van der Waals surface area contributed by atoms with Crippen molar-refractivity contribution >= 4 is 17.2 Å². The van der Waals surface area contributed by atoms with Gasteiger partial charge in [0.15, 0.2) is 0 Å². The highest BCUT2D eigenvalue weighted by molar-refractivity contribution is 7.07. The summed E-state index contributed by atoms with van der Waals surface area (Å²) in [6, 6.07) is 4.71. The largest absolute Gasteiger partial charge is 0.335 e. The fourth-order valence-electron chi connectivity index (χ4n) is 3.15. The number of amides is 1. The molecule has 5 nitrogen and oxygen atoms in total. The number of likely N-dealkylation sites (tertiary alicyclic amines) is 1. The van der Waals surface area contributed by atoms with Gasteiger partial charge >= 0.3 is 0 Å². The van der Waals surface area contributed by atoms with E-state index >= 15 is 0 Å². The van der Waals surface area contributed by atoms with Crippen LogP contribution in [0.3, 0.4) is 0 Å². The Labute approximate surface area is 141 Å². The third-order valence-corrected chi connectivity index (χ3v) is 5.44. The standard InChI is InChI=1S/C17H24N4OS/c1-13(14(2)21-9-4-7-19-21)18-11-17(22)20-8-3-5-16(20)15-6-10-23-12-15/h4,6-7,9-10,12-14,16,18H,3,5,8,11H2,1-2H3/t13-,14+,16-/m0/s1. The summed E-state index contributed by atoms with van der Waals surface area (Å²) in [5, 5.41) is 11.9. The van der Waals surface area contributed by atoms with E-state index in [0.29, 0.717) is 6.54 Å². The number of carbonyl (C=O) groups is 1. The van der Waals surface area contributed by atoms with Crippen molar-refractivity contribution in [2.24, 2.45) is 0 Å². The summed E-state index contributed by atoms with van der Waals surface area (Å²) < 4.78 is 1.92. The van der Waals surface area contributed by atoms with E-state index < -0.39 is 0 Å². The summed E-state index contributed by atoms with van der Waals surface area (Å²) in [6.45, 7) is 5.46. The molecule has 0 radical (unpaired) electrons. The number of hydrogen-bond acceptors (Lipinski definition) is 4. The number of nitrogens with one attached hydrogen (secondary N) is 1. The molecule has 2 aromatic rings. The van der Waals surface area contributed by atoms with Crippen molar-refractivity contribution in [1.82, 2.24) is 20.0 Å². The zero-order chi connectivity index (χ0) is 16.2. The van der Waals surface area contributed by atoms with Crippen LogP contribution in [0.15, 0.2) is 35.3 Å². The molecular weight excluding hydrogens is 308 g/mol. The summed E-state index contributed by atoms with van der Waals surface area (Å²) in [7, 11) is 0. The van der Waals surface area contributed by atoms with Gasteiger partial charge in [-0.3, -0.25) is 9.48 Å². The van der Waals surface area contributed by atoms with Crippen LogP contribution >= 0.6 is 11.3 Å². The monoisotopic (exact) mass is 332 g/mol. The molecular formula is C17H24N4OS. The maximum absolute atomic E-state index is 12.6. The van der Waals surface area contributed by atoms with Crippen LogP contribution in [-0.4, -0.2) is 39.7 Å². The summed E-state index contributed by atoms with van der Waals surface area (Å²) in [4.78, 5) is 14.6. The van der Waals surface area contributed by atoms with E-state index in [0.717, 1.165) is 19.4 Å². The lowest BCUT2D eigenvalue weighted by molar-refractivity contribution is -0.131. The summed E-state index contributed by atoms with van der Waals surface area (Å²) in [6.07, 6.45) is 5.90. The number of hydrogen-bond donors (Lipinski definition) is 1. The highest BCUT2D eigenvalue weighted by Gasteiger charge is 2.30. The van der Waals surface area contributed by atoms with Gasteiger partial charge in [0.1, 0.15) is 0 Å². The Hall–Kier alpha value is -1.66. The minimum Gasteiger partial charge on any atom is -0.335 e. The van der Waals surface area contributed by atoms with Crippen molar-refractivity contribution in [3.63, 3.8) is 0 Å². The highest BCUT2D eigenvalue weighted by atomic mass is 32.1. The minimum atomic E-state index is 0.182. The van der Waals surface area contributed by atoms with Crippen molar-refractivity contribution in [3.05, 3.63) is 40.8 Å². The maximum Gasteiger partial charge on any atom is 0.237 e. The van der Waals surface area contributed by atoms with Crippen LogP contribution in [0.25, 0.3) is 0 Å². The number of nitrogens with zero attached hydrogens (tertiary/aromatic N) is 3. The predicted octanol–water partition coefficient (Wildman–Crippen LogP) is 2.85. The minimum absolute atomic E-state index is 0.182. The van der Waals surface area contributed by atoms with Gasteiger partial charge in [-0.05, 0) is 55.1 Å². The first kappa shape index (κ1) is 16.2. The zero-order valence-corrected chi connectivity index (χ0v) is 14.5. The molecule has 1 fully saturated rings. The lowest BCUT2D eigenvalue weighted by atomic mass is 10.1. The van der Waals surface area contributed by atoms with E-state index in [9.17, 15) is 4.79 Å². The Balaban J connectivity index is 1.54. The van der Waals surface area contributed by atoms with Crippen LogP contribution in [0.2, 0.25) is 0 Å². The molecule has 3 heterocycles. The van der Waals surface area contributed by atoms with Gasteiger partial charge in [0, 0.05) is 25.0 Å². The van der Waals surface area contributed by atoms with E-state index in [1.165, 1.54) is 5.56 Å². The van der Waals surface area contributed by atoms with Crippen molar-refractivity contribution in [2.45, 2.75) is 44.8 Å². The summed E-state index contributed by atoms with van der Waals surface area (Å²) >= 11 is 1.70. The summed E-state index contributed by atoms with van der Waals surface area (Å²) in [5.74, 6) is 0.193. The second-order valence-corrected chi connectivity index (χ2v) is 6.98. The molecule has 1 N–H and O–H groups in total. The van der Waals surface area contributed by atoms with Gasteiger partial charge in [0.05, 0.1) is 18.6 Å². The normalized spacial score (nSPS) is 20.6. The second kappa shape index (κ2) is 7.27. The van der Waals surface area contributed by atoms with E-state index in [2.05, 4.69) is 41.1 Å². The fraction of sp³-hybridized carbons (Fsp3) is 0.529. The molecule has 3 atom stereocenters. The number of aromatic nitrogens is 2. The molecule has 2 aromatic heterocycles. The van der Waals surface area contributed by atoms with Crippen LogP contribution in [0, 0.1) is 0 Å². The van der Waals surface area contributed by atoms with E-state index in [4.69, 9.17) is 0 Å². The number of thiophene rings is 1. The molecule has 0 aromatic carbocycles. The van der Waals surface area contributed by atoms with Gasteiger partial charge in [0.2, 0.25) is 5.91 Å². The average molecular weight is 332 g/mol. The fourth-order valence-corrected chi connectivity index (χ4v) is 3.85. The van der Waals surface area contributed by atoms with Crippen molar-refractivity contribution in [3.8, 4) is 0 Å². The molecule has 124 valence electrons. The predicted molar refractivity (Wildman–Crippen MR) is 92.4 cm³/mol. The van der Waals surface area contributed by atoms with Crippen LogP contribution in [-0.2, 0) is 4.79 Å². The SMILES string of the molecule is C[C@H](NCC(=O)N1CCC[C@H]1c1ccsc1)[C@@H](C)n1cccn1. The van der Waals surface area contributed by atoms with E-state index in [1.807, 2.05) is 21.8 Å². The molecule has 0 bridgehead atoms. The van der Waals surface area contributed by atoms with Crippen molar-refractivity contribution in [1.29, 1.82) is 0 Å². The molecule has 3 rings (SSSR count). The van der Waals surface area contributed by atoms with E-state index in [1.54, 1.807) is 17.5 Å². The smallest absolute Gasteiger partial charge is 0.237 e. The Morgan fingerprint density at radius 3 is 3.09 bits per heavy atom. The highest BCUT2D eigenvalue weighted by Crippen LogP contribution is 2.32. The summed E-state index contributed by atoms with van der Waals surface area (Å²) in [5.41, 5.74) is 1.28. The van der Waals surface area contributed by atoms with Crippen LogP contribution in [0.1, 0.15) is 44.3 Å². The molecule has 23 heavy (non-hydrogen) atoms. The van der Waals surface area contributed by atoms with Gasteiger partial charge in [-0.15, -0.1) is 0 Å². The van der Waals surface area contributed by atoms with Crippen LogP contribution in [0.5, 0.6) is 0 Å². The first-order valence-electron chi connectivity index (χ1n) is 8.21. The number of carbonyl (C=O) groups excluding carboxylic acids is 1. The maximum atomic E-state index is 12.6. The zero-order valence-electron chi connectivity index (χ0n) is 13.7. The van der Waals surface area contributed by atoms with Gasteiger partial charge in [-0.25, -0.2) is 0 Å². The Morgan fingerprint density at radius 1 is 1.52 bits per heavy atom. The van der Waals surface area contributed by atoms with Crippen LogP contribution < -0.4 is 5.32 Å². The lowest BCUT2D eigenvalue weighted by Crippen LogP contribution is -2.43. The average Bonchev–Trinajstić information content (AvgIpc) is 3.32.